The number of hydrogen-bond acceptors (Lipinski definition) is 3. The number of hydrogen-bond donors (Lipinski definition) is 2. The van der Waals surface area contributed by atoms with Gasteiger partial charge in [0.05, 0.1) is 6.54 Å². The highest BCUT2D eigenvalue weighted by atomic mass is 16.4. The van der Waals surface area contributed by atoms with Crippen molar-refractivity contribution in [1.82, 2.24) is 4.90 Å². The molecule has 0 fully saturated rings. The molecule has 4 nitrogen and oxygen atoms in total. The highest BCUT2D eigenvalue weighted by Crippen LogP contribution is 2.34. The molecule has 86 valence electrons. The molecule has 0 aromatic heterocycles. The molecule has 4 heteroatoms. The molecule has 0 saturated carbocycles. The predicted molar refractivity (Wildman–Crippen MR) is 63.8 cm³/mol. The van der Waals surface area contributed by atoms with E-state index in [1.807, 2.05) is 7.05 Å². The molecule has 0 spiro atoms. The first-order chi connectivity index (χ1) is 7.70. The SMILES string of the molecule is CN(CC(N)=NO)CC1Cc2ccccc21. The van der Waals surface area contributed by atoms with Gasteiger partial charge in [-0.2, -0.15) is 0 Å². The first kappa shape index (κ1) is 11.0. The summed E-state index contributed by atoms with van der Waals surface area (Å²) in [7, 11) is 1.99. The lowest BCUT2D eigenvalue weighted by Crippen LogP contribution is -2.36. The number of rotatable bonds is 4. The Hall–Kier alpha value is -1.55. The summed E-state index contributed by atoms with van der Waals surface area (Å²) in [6, 6.07) is 8.51. The lowest BCUT2D eigenvalue weighted by molar-refractivity contribution is 0.302. The Morgan fingerprint density at radius 3 is 3.00 bits per heavy atom. The molecule has 3 N–H and O–H groups in total. The van der Waals surface area contributed by atoms with Crippen molar-refractivity contribution in [3.63, 3.8) is 0 Å². The lowest BCUT2D eigenvalue weighted by Gasteiger charge is -2.33. The summed E-state index contributed by atoms with van der Waals surface area (Å²) >= 11 is 0. The zero-order valence-corrected chi connectivity index (χ0v) is 9.43. The fraction of sp³-hybridized carbons (Fsp3) is 0.417. The van der Waals surface area contributed by atoms with Crippen LogP contribution in [0.25, 0.3) is 0 Å². The molecule has 1 aliphatic rings. The van der Waals surface area contributed by atoms with Gasteiger partial charge in [-0.15, -0.1) is 0 Å². The summed E-state index contributed by atoms with van der Waals surface area (Å²) in [5.74, 6) is 0.850. The molecular formula is C12H17N3O. The Morgan fingerprint density at radius 2 is 2.31 bits per heavy atom. The van der Waals surface area contributed by atoms with Crippen LogP contribution in [-0.2, 0) is 6.42 Å². The highest BCUT2D eigenvalue weighted by Gasteiger charge is 2.26. The Morgan fingerprint density at radius 1 is 1.56 bits per heavy atom. The smallest absolute Gasteiger partial charge is 0.153 e. The molecule has 0 saturated heterocycles. The molecule has 1 aromatic rings. The van der Waals surface area contributed by atoms with Gasteiger partial charge in [-0.1, -0.05) is 29.4 Å². The van der Waals surface area contributed by atoms with Gasteiger partial charge in [0.1, 0.15) is 0 Å². The zero-order valence-electron chi connectivity index (χ0n) is 9.43. The van der Waals surface area contributed by atoms with E-state index in [1.54, 1.807) is 0 Å². The van der Waals surface area contributed by atoms with E-state index in [0.717, 1.165) is 13.0 Å². The number of benzene rings is 1. The van der Waals surface area contributed by atoms with E-state index in [1.165, 1.54) is 11.1 Å². The zero-order chi connectivity index (χ0) is 11.5. The minimum atomic E-state index is 0.259. The molecule has 2 rings (SSSR count). The predicted octanol–water partition coefficient (Wildman–Crippen LogP) is 1.00. The summed E-state index contributed by atoms with van der Waals surface area (Å²) in [5, 5.41) is 11.5. The second-order valence-corrected chi connectivity index (χ2v) is 4.39. The minimum Gasteiger partial charge on any atom is -0.409 e. The topological polar surface area (TPSA) is 61.8 Å². The van der Waals surface area contributed by atoms with E-state index >= 15 is 0 Å². The van der Waals surface area contributed by atoms with Crippen LogP contribution in [0.1, 0.15) is 17.0 Å². The van der Waals surface area contributed by atoms with Crippen molar-refractivity contribution in [1.29, 1.82) is 0 Å². The van der Waals surface area contributed by atoms with Crippen LogP contribution in [-0.4, -0.2) is 36.1 Å². The third-order valence-electron chi connectivity index (χ3n) is 3.05. The van der Waals surface area contributed by atoms with E-state index in [-0.39, 0.29) is 5.84 Å². The van der Waals surface area contributed by atoms with Crippen molar-refractivity contribution in [3.8, 4) is 0 Å². The number of fused-ring (bicyclic) bond motifs is 1. The molecule has 16 heavy (non-hydrogen) atoms. The van der Waals surface area contributed by atoms with Crippen molar-refractivity contribution in [2.75, 3.05) is 20.1 Å². The van der Waals surface area contributed by atoms with E-state index in [9.17, 15) is 0 Å². The van der Waals surface area contributed by atoms with Gasteiger partial charge in [0.15, 0.2) is 5.84 Å². The molecule has 1 aliphatic carbocycles. The number of likely N-dealkylation sites (N-methyl/N-ethyl adjacent to an activating group) is 1. The maximum Gasteiger partial charge on any atom is 0.153 e. The lowest BCUT2D eigenvalue weighted by atomic mass is 9.77. The van der Waals surface area contributed by atoms with Gasteiger partial charge in [-0.25, -0.2) is 0 Å². The summed E-state index contributed by atoms with van der Waals surface area (Å²) < 4.78 is 0. The van der Waals surface area contributed by atoms with Crippen LogP contribution in [0.15, 0.2) is 29.4 Å². The van der Waals surface area contributed by atoms with Crippen molar-refractivity contribution in [2.24, 2.45) is 10.9 Å². The molecule has 0 bridgehead atoms. The minimum absolute atomic E-state index is 0.259. The van der Waals surface area contributed by atoms with Gasteiger partial charge in [0, 0.05) is 12.5 Å². The van der Waals surface area contributed by atoms with Gasteiger partial charge in [0.2, 0.25) is 0 Å². The molecule has 0 heterocycles. The van der Waals surface area contributed by atoms with E-state index in [2.05, 4.69) is 34.3 Å². The number of oxime groups is 1. The monoisotopic (exact) mass is 219 g/mol. The standard InChI is InChI=1S/C12H17N3O/c1-15(8-12(13)14-16)7-10-6-9-4-2-3-5-11(9)10/h2-5,10,16H,6-8H2,1H3,(H2,13,14). The van der Waals surface area contributed by atoms with Crippen LogP contribution in [0.5, 0.6) is 0 Å². The van der Waals surface area contributed by atoms with Gasteiger partial charge < -0.3 is 10.9 Å². The quantitative estimate of drug-likeness (QED) is 0.344. The van der Waals surface area contributed by atoms with Gasteiger partial charge in [-0.05, 0) is 24.6 Å². The third-order valence-corrected chi connectivity index (χ3v) is 3.05. The summed E-state index contributed by atoms with van der Waals surface area (Å²) in [4.78, 5) is 2.08. The maximum absolute atomic E-state index is 8.48. The first-order valence-corrected chi connectivity index (χ1v) is 5.43. The molecule has 1 unspecified atom stereocenters. The third kappa shape index (κ3) is 2.17. The largest absolute Gasteiger partial charge is 0.409 e. The summed E-state index contributed by atoms with van der Waals surface area (Å²) in [6.07, 6.45) is 1.14. The second-order valence-electron chi connectivity index (χ2n) is 4.39. The molecule has 0 amide bonds. The Balaban J connectivity index is 1.89. The van der Waals surface area contributed by atoms with Gasteiger partial charge in [-0.3, -0.25) is 4.90 Å². The Bertz CT molecular complexity index is 403. The molecule has 1 atom stereocenters. The molecule has 0 aliphatic heterocycles. The number of amidine groups is 1. The maximum atomic E-state index is 8.48. The summed E-state index contributed by atoms with van der Waals surface area (Å²) in [5.41, 5.74) is 8.35. The van der Waals surface area contributed by atoms with Crippen LogP contribution in [0.3, 0.4) is 0 Å². The van der Waals surface area contributed by atoms with E-state index in [0.29, 0.717) is 12.5 Å². The average molecular weight is 219 g/mol. The van der Waals surface area contributed by atoms with Gasteiger partial charge >= 0.3 is 0 Å². The van der Waals surface area contributed by atoms with Crippen molar-refractivity contribution < 1.29 is 5.21 Å². The summed E-state index contributed by atoms with van der Waals surface area (Å²) in [6.45, 7) is 1.46. The van der Waals surface area contributed by atoms with Crippen LogP contribution < -0.4 is 5.73 Å². The molecule has 1 aromatic carbocycles. The van der Waals surface area contributed by atoms with Crippen LogP contribution in [0.4, 0.5) is 0 Å². The first-order valence-electron chi connectivity index (χ1n) is 5.43. The van der Waals surface area contributed by atoms with Gasteiger partial charge in [0.25, 0.3) is 0 Å². The van der Waals surface area contributed by atoms with Crippen molar-refractivity contribution in [2.45, 2.75) is 12.3 Å². The Kier molecular flexibility index (Phi) is 3.10. The normalized spacial score (nSPS) is 19.4. The van der Waals surface area contributed by atoms with Crippen LogP contribution in [0, 0.1) is 0 Å². The number of nitrogens with two attached hydrogens (primary N) is 1. The molecule has 0 radical (unpaired) electrons. The number of nitrogens with zero attached hydrogens (tertiary/aromatic N) is 2. The van der Waals surface area contributed by atoms with Crippen molar-refractivity contribution in [3.05, 3.63) is 35.4 Å². The van der Waals surface area contributed by atoms with Crippen LogP contribution in [0.2, 0.25) is 0 Å². The Labute approximate surface area is 95.4 Å². The fourth-order valence-electron chi connectivity index (χ4n) is 2.27. The fourth-order valence-corrected chi connectivity index (χ4v) is 2.27. The van der Waals surface area contributed by atoms with Crippen molar-refractivity contribution >= 4 is 5.84 Å². The highest BCUT2D eigenvalue weighted by molar-refractivity contribution is 5.81. The second kappa shape index (κ2) is 4.53. The molecular weight excluding hydrogens is 202 g/mol. The van der Waals surface area contributed by atoms with E-state index < -0.39 is 0 Å². The average Bonchev–Trinajstić information content (AvgIpc) is 2.26. The van der Waals surface area contributed by atoms with Crippen LogP contribution >= 0.6 is 0 Å². The van der Waals surface area contributed by atoms with E-state index in [4.69, 9.17) is 10.9 Å².